The predicted molar refractivity (Wildman–Crippen MR) is 189 cm³/mol. The van der Waals surface area contributed by atoms with E-state index in [2.05, 4.69) is 16.0 Å². The van der Waals surface area contributed by atoms with Crippen molar-refractivity contribution in [2.24, 2.45) is 22.7 Å². The molecule has 2 aromatic carbocycles. The SMILES string of the molecule is COc1ccc(C[C@H]2NC(=O)/C=C/C[C@@H]([C@H](C)C3COC3c3ccc(CO)cc3)OC(=O)[C@H](C(C)(C)C)NC(=O)C(C)(C)CNC2=O)cc1Cl. The molecule has 6 atom stereocenters. The summed E-state index contributed by atoms with van der Waals surface area (Å²) in [6.45, 7) is 11.2. The summed E-state index contributed by atoms with van der Waals surface area (Å²) in [6.07, 6.45) is 2.40. The van der Waals surface area contributed by atoms with E-state index < -0.39 is 52.7 Å². The highest BCUT2D eigenvalue weighted by molar-refractivity contribution is 6.32. The monoisotopic (exact) mass is 711 g/mol. The van der Waals surface area contributed by atoms with Crippen molar-refractivity contribution < 1.29 is 38.5 Å². The molecule has 2 unspecified atom stereocenters. The van der Waals surface area contributed by atoms with E-state index in [9.17, 15) is 24.3 Å². The second-order valence-electron chi connectivity index (χ2n) is 14.9. The van der Waals surface area contributed by atoms with Gasteiger partial charge in [0.25, 0.3) is 0 Å². The van der Waals surface area contributed by atoms with Crippen molar-refractivity contribution in [1.82, 2.24) is 16.0 Å². The maximum atomic E-state index is 13.9. The molecule has 272 valence electrons. The van der Waals surface area contributed by atoms with Crippen LogP contribution in [0.5, 0.6) is 5.75 Å². The summed E-state index contributed by atoms with van der Waals surface area (Å²) in [4.78, 5) is 54.4. The Morgan fingerprint density at radius 2 is 1.72 bits per heavy atom. The van der Waals surface area contributed by atoms with Crippen molar-refractivity contribution in [1.29, 1.82) is 0 Å². The first-order chi connectivity index (χ1) is 23.5. The third-order valence-electron chi connectivity index (χ3n) is 9.50. The number of cyclic esters (lactones) is 1. The zero-order valence-electron chi connectivity index (χ0n) is 29.9. The zero-order valence-corrected chi connectivity index (χ0v) is 30.6. The number of ether oxygens (including phenoxy) is 3. The van der Waals surface area contributed by atoms with Crippen molar-refractivity contribution in [2.75, 3.05) is 20.3 Å². The van der Waals surface area contributed by atoms with Crippen LogP contribution in [0, 0.1) is 22.7 Å². The van der Waals surface area contributed by atoms with Crippen molar-refractivity contribution in [3.8, 4) is 5.75 Å². The Hall–Kier alpha value is -3.93. The minimum absolute atomic E-state index is 0.00777. The van der Waals surface area contributed by atoms with Crippen LogP contribution < -0.4 is 20.7 Å². The molecule has 0 radical (unpaired) electrons. The lowest BCUT2D eigenvalue weighted by molar-refractivity contribution is -0.177. The van der Waals surface area contributed by atoms with Crippen LogP contribution in [0.1, 0.15) is 70.8 Å². The van der Waals surface area contributed by atoms with Gasteiger partial charge in [-0.2, -0.15) is 0 Å². The quantitative estimate of drug-likeness (QED) is 0.308. The number of hydrogen-bond acceptors (Lipinski definition) is 8. The Morgan fingerprint density at radius 1 is 1.04 bits per heavy atom. The number of carbonyl (C=O) groups is 4. The molecule has 1 saturated heterocycles. The average Bonchev–Trinajstić information content (AvgIpc) is 3.04. The molecular formula is C38H50ClN3O8. The molecule has 12 heteroatoms. The third kappa shape index (κ3) is 9.64. The first-order valence-corrected chi connectivity index (χ1v) is 17.3. The van der Waals surface area contributed by atoms with Crippen LogP contribution in [0.25, 0.3) is 0 Å². The van der Waals surface area contributed by atoms with Gasteiger partial charge in [-0.3, -0.25) is 14.4 Å². The molecule has 0 aromatic heterocycles. The Bertz CT molecular complexity index is 1570. The molecule has 0 spiro atoms. The van der Waals surface area contributed by atoms with Crippen molar-refractivity contribution >= 4 is 35.3 Å². The van der Waals surface area contributed by atoms with Gasteiger partial charge in [0.15, 0.2) is 0 Å². The lowest BCUT2D eigenvalue weighted by atomic mass is 9.78. The van der Waals surface area contributed by atoms with Gasteiger partial charge in [0.2, 0.25) is 17.7 Å². The van der Waals surface area contributed by atoms with Crippen LogP contribution in [-0.2, 0) is 41.7 Å². The number of methoxy groups -OCH3 is 1. The molecule has 2 heterocycles. The number of hydrogen-bond donors (Lipinski definition) is 4. The summed E-state index contributed by atoms with van der Waals surface area (Å²) in [6, 6.07) is 10.7. The number of rotatable bonds is 7. The number of carbonyl (C=O) groups excluding carboxylic acids is 4. The van der Waals surface area contributed by atoms with E-state index in [4.69, 9.17) is 25.8 Å². The first kappa shape index (κ1) is 38.9. The van der Waals surface area contributed by atoms with Crippen LogP contribution in [0.3, 0.4) is 0 Å². The molecule has 2 aliphatic heterocycles. The van der Waals surface area contributed by atoms with Gasteiger partial charge >= 0.3 is 5.97 Å². The third-order valence-corrected chi connectivity index (χ3v) is 9.80. The van der Waals surface area contributed by atoms with Crippen molar-refractivity contribution in [2.45, 2.75) is 85.3 Å². The molecule has 1 fully saturated rings. The molecule has 0 bridgehead atoms. The Kier molecular flexibility index (Phi) is 12.7. The van der Waals surface area contributed by atoms with E-state index in [1.807, 2.05) is 52.0 Å². The first-order valence-electron chi connectivity index (χ1n) is 16.9. The van der Waals surface area contributed by atoms with E-state index in [-0.39, 0.29) is 43.9 Å². The number of amides is 3. The Balaban J connectivity index is 1.64. The maximum absolute atomic E-state index is 13.9. The van der Waals surface area contributed by atoms with E-state index in [0.29, 0.717) is 22.9 Å². The van der Waals surface area contributed by atoms with Gasteiger partial charge in [-0.25, -0.2) is 4.79 Å². The molecule has 11 nitrogen and oxygen atoms in total. The number of nitrogens with one attached hydrogen (secondary N) is 3. The molecule has 0 saturated carbocycles. The van der Waals surface area contributed by atoms with E-state index >= 15 is 0 Å². The highest BCUT2D eigenvalue weighted by atomic mass is 35.5. The fraction of sp³-hybridized carbons (Fsp3) is 0.526. The summed E-state index contributed by atoms with van der Waals surface area (Å²) in [5, 5.41) is 18.3. The summed E-state index contributed by atoms with van der Waals surface area (Å²) in [7, 11) is 1.51. The zero-order chi connectivity index (χ0) is 36.8. The summed E-state index contributed by atoms with van der Waals surface area (Å²) in [5.74, 6) is -1.74. The second kappa shape index (κ2) is 16.4. The molecular weight excluding hydrogens is 662 g/mol. The minimum Gasteiger partial charge on any atom is -0.495 e. The predicted octanol–water partition coefficient (Wildman–Crippen LogP) is 4.44. The smallest absolute Gasteiger partial charge is 0.329 e. The standard InChI is InChI=1S/C38H50ClN3O8/c1-22(26-20-49-32(26)25-14-11-23(19-43)12-15-25)29-9-8-10-31(44)41-28(18-24-13-16-30(48-7)27(39)17-24)34(45)40-21-38(5,6)36(47)42-33(35(46)50-29)37(2,3)4/h8,10-17,22,26,28-29,32-33,43H,9,18-21H2,1-7H3,(H,40,45)(H,41,44)(H,42,47)/b10-8+/t22-,26?,28-,29+,32?,33-/m1/s1. The number of halogens is 1. The fourth-order valence-electron chi connectivity index (χ4n) is 6.03. The molecule has 3 amide bonds. The minimum atomic E-state index is -1.12. The van der Waals surface area contributed by atoms with Gasteiger partial charge in [-0.1, -0.05) is 75.7 Å². The molecule has 0 aliphatic carbocycles. The average molecular weight is 712 g/mol. The maximum Gasteiger partial charge on any atom is 0.329 e. The number of esters is 1. The van der Waals surface area contributed by atoms with Crippen molar-refractivity contribution in [3.63, 3.8) is 0 Å². The lowest BCUT2D eigenvalue weighted by Crippen LogP contribution is -2.57. The van der Waals surface area contributed by atoms with Crippen LogP contribution in [0.15, 0.2) is 54.6 Å². The Morgan fingerprint density at radius 3 is 2.30 bits per heavy atom. The van der Waals surface area contributed by atoms with Crippen molar-refractivity contribution in [3.05, 3.63) is 76.3 Å². The highest BCUT2D eigenvalue weighted by Crippen LogP contribution is 2.42. The second-order valence-corrected chi connectivity index (χ2v) is 15.3. The lowest BCUT2D eigenvalue weighted by Gasteiger charge is -2.43. The normalized spacial score (nSPS) is 26.4. The summed E-state index contributed by atoms with van der Waals surface area (Å²) >= 11 is 6.34. The highest BCUT2D eigenvalue weighted by Gasteiger charge is 2.44. The van der Waals surface area contributed by atoms with Gasteiger partial charge in [-0.05, 0) is 54.2 Å². The van der Waals surface area contributed by atoms with Gasteiger partial charge < -0.3 is 35.3 Å². The Labute approximate surface area is 299 Å². The van der Waals surface area contributed by atoms with Gasteiger partial charge in [0.1, 0.15) is 23.9 Å². The molecule has 4 N–H and O–H groups in total. The molecule has 4 rings (SSSR count). The molecule has 2 aromatic rings. The molecule has 2 aliphatic rings. The summed E-state index contributed by atoms with van der Waals surface area (Å²) in [5.41, 5.74) is 0.609. The van der Waals surface area contributed by atoms with Crippen LogP contribution in [-0.4, -0.2) is 67.2 Å². The number of benzene rings is 2. The topological polar surface area (TPSA) is 152 Å². The fourth-order valence-corrected chi connectivity index (χ4v) is 6.31. The number of aliphatic hydroxyl groups excluding tert-OH is 1. The van der Waals surface area contributed by atoms with E-state index in [1.54, 1.807) is 38.1 Å². The van der Waals surface area contributed by atoms with Gasteiger partial charge in [0.05, 0.1) is 36.9 Å². The van der Waals surface area contributed by atoms with E-state index in [0.717, 1.165) is 11.1 Å². The van der Waals surface area contributed by atoms with Crippen LogP contribution >= 0.6 is 11.6 Å². The van der Waals surface area contributed by atoms with Gasteiger partial charge in [-0.15, -0.1) is 0 Å². The summed E-state index contributed by atoms with van der Waals surface area (Å²) < 4.78 is 17.4. The van der Waals surface area contributed by atoms with E-state index in [1.165, 1.54) is 13.2 Å². The number of aliphatic hydroxyl groups is 1. The molecule has 50 heavy (non-hydrogen) atoms. The van der Waals surface area contributed by atoms with Gasteiger partial charge in [0, 0.05) is 31.2 Å². The van der Waals surface area contributed by atoms with Crippen LogP contribution in [0.4, 0.5) is 0 Å². The largest absolute Gasteiger partial charge is 0.495 e. The van der Waals surface area contributed by atoms with Crippen LogP contribution in [0.2, 0.25) is 5.02 Å².